The van der Waals surface area contributed by atoms with Crippen molar-refractivity contribution in [3.05, 3.63) is 108 Å². The number of hydrogen-bond acceptors (Lipinski definition) is 9. The Morgan fingerprint density at radius 3 is 1.42 bits per heavy atom. The highest BCUT2D eigenvalue weighted by Gasteiger charge is 2.77. The van der Waals surface area contributed by atoms with E-state index in [1.807, 2.05) is 91.0 Å². The lowest BCUT2D eigenvalue weighted by molar-refractivity contribution is -0.171. The van der Waals surface area contributed by atoms with E-state index in [4.69, 9.17) is 14.2 Å². The largest absolute Gasteiger partial charge is 0.369 e. The van der Waals surface area contributed by atoms with E-state index in [-0.39, 0.29) is 0 Å². The summed E-state index contributed by atoms with van der Waals surface area (Å²) in [5, 5.41) is 22.8. The molecule has 0 unspecified atom stereocenters. The van der Waals surface area contributed by atoms with E-state index in [9.17, 15) is 27.0 Å². The normalized spacial score (nSPS) is 26.3. The van der Waals surface area contributed by atoms with Crippen LogP contribution in [-0.2, 0) is 39.5 Å². The summed E-state index contributed by atoms with van der Waals surface area (Å²) in [6, 6.07) is 27.5. The van der Waals surface area contributed by atoms with Crippen molar-refractivity contribution in [3.63, 3.8) is 0 Å². The highest BCUT2D eigenvalue weighted by molar-refractivity contribution is 7.96. The van der Waals surface area contributed by atoms with Gasteiger partial charge in [0.25, 0.3) is 4.93 Å². The molecule has 2 N–H and O–H groups in total. The Bertz CT molecular complexity index is 1370. The number of hydrogen-bond donors (Lipinski definition) is 2. The van der Waals surface area contributed by atoms with Crippen molar-refractivity contribution in [2.75, 3.05) is 26.2 Å². The monoisotopic (exact) mass is 562 g/mol. The number of rotatable bonds is 9. The van der Waals surface area contributed by atoms with E-state index >= 15 is 0 Å². The molecule has 204 valence electrons. The Kier molecular flexibility index (Phi) is 7.58. The van der Waals surface area contributed by atoms with Crippen LogP contribution in [0.15, 0.2) is 91.0 Å². The smallest absolute Gasteiger partial charge is 0.263 e. The SMILES string of the molecule is CO[C@H]1O[C@H](COC(c2ccccc2)(c2ccccc2)c2ccccc2)[C@](O)(S(C)(=O)=O)[C@@]1(O)S(C)(=O)=O. The summed E-state index contributed by atoms with van der Waals surface area (Å²) in [6.45, 7) is -0.639. The maximum atomic E-state index is 13.0. The third kappa shape index (κ3) is 4.28. The standard InChI is InChI=1S/C27H30O9S2/c1-34-24-27(29,38(3,32)33)26(28,37(2,30)31)23(36-24)19-35-25(20-13-7-4-8-14-20,21-15-9-5-10-16-21)22-17-11-6-12-18-22/h4-18,23-24,28-29H,19H2,1-3H3/t23-,24+,26+,27+/m1/s1. The summed E-state index contributed by atoms with van der Waals surface area (Å²) < 4.78 is 68.5. The van der Waals surface area contributed by atoms with Gasteiger partial charge in [-0.3, -0.25) is 0 Å². The van der Waals surface area contributed by atoms with Crippen LogP contribution in [0.5, 0.6) is 0 Å². The van der Waals surface area contributed by atoms with Crippen molar-refractivity contribution in [1.29, 1.82) is 0 Å². The third-order valence-corrected chi connectivity index (χ3v) is 10.4. The van der Waals surface area contributed by atoms with Crippen LogP contribution < -0.4 is 0 Å². The topological polar surface area (TPSA) is 136 Å². The first-order chi connectivity index (χ1) is 17.8. The molecule has 1 saturated heterocycles. The van der Waals surface area contributed by atoms with Crippen LogP contribution >= 0.6 is 0 Å². The Hall–Kier alpha value is -2.64. The summed E-state index contributed by atoms with van der Waals surface area (Å²) in [4.78, 5) is -6.64. The molecule has 11 heteroatoms. The Balaban J connectivity index is 1.91. The molecule has 1 fully saturated rings. The quantitative estimate of drug-likeness (QED) is 0.374. The molecule has 0 bridgehead atoms. The minimum absolute atomic E-state index is 0.601. The van der Waals surface area contributed by atoms with E-state index in [0.29, 0.717) is 29.2 Å². The fourth-order valence-corrected chi connectivity index (χ4v) is 8.32. The van der Waals surface area contributed by atoms with Gasteiger partial charge in [-0.2, -0.15) is 0 Å². The van der Waals surface area contributed by atoms with E-state index in [1.54, 1.807) is 0 Å². The van der Waals surface area contributed by atoms with Crippen LogP contribution in [0.25, 0.3) is 0 Å². The van der Waals surface area contributed by atoms with Gasteiger partial charge >= 0.3 is 0 Å². The van der Waals surface area contributed by atoms with E-state index in [0.717, 1.165) is 7.11 Å². The number of sulfone groups is 2. The maximum absolute atomic E-state index is 13.0. The van der Waals surface area contributed by atoms with Crippen LogP contribution in [0.4, 0.5) is 0 Å². The van der Waals surface area contributed by atoms with Crippen molar-refractivity contribution in [1.82, 2.24) is 0 Å². The van der Waals surface area contributed by atoms with Crippen LogP contribution in [0.1, 0.15) is 16.7 Å². The number of benzene rings is 3. The molecule has 0 radical (unpaired) electrons. The number of methoxy groups -OCH3 is 1. The molecule has 9 nitrogen and oxygen atoms in total. The second-order valence-electron chi connectivity index (χ2n) is 9.22. The second-order valence-corrected chi connectivity index (χ2v) is 13.6. The average Bonchev–Trinajstić information content (AvgIpc) is 3.14. The number of ether oxygens (including phenoxy) is 3. The number of aliphatic hydroxyl groups is 2. The lowest BCUT2D eigenvalue weighted by Crippen LogP contribution is -2.67. The average molecular weight is 563 g/mol. The molecular weight excluding hydrogens is 532 g/mol. The maximum Gasteiger partial charge on any atom is 0.263 e. The van der Waals surface area contributed by atoms with Crippen molar-refractivity contribution >= 4 is 19.7 Å². The van der Waals surface area contributed by atoms with Crippen molar-refractivity contribution < 1.29 is 41.3 Å². The molecule has 0 aliphatic carbocycles. The van der Waals surface area contributed by atoms with Gasteiger partial charge in [0.05, 0.1) is 6.61 Å². The van der Waals surface area contributed by atoms with Gasteiger partial charge in [-0.25, -0.2) is 16.8 Å². The van der Waals surface area contributed by atoms with Crippen molar-refractivity contribution in [2.45, 2.75) is 27.9 Å². The fourth-order valence-electron chi connectivity index (χ4n) is 5.01. The molecule has 1 heterocycles. The minimum atomic E-state index is -4.71. The van der Waals surface area contributed by atoms with Gasteiger partial charge in [0.1, 0.15) is 11.7 Å². The predicted molar refractivity (Wildman–Crippen MR) is 140 cm³/mol. The highest BCUT2D eigenvalue weighted by atomic mass is 32.2. The molecule has 1 aliphatic rings. The van der Waals surface area contributed by atoms with Crippen molar-refractivity contribution in [2.24, 2.45) is 0 Å². The Labute approximate surface area is 222 Å². The van der Waals surface area contributed by atoms with Crippen LogP contribution in [0.3, 0.4) is 0 Å². The van der Waals surface area contributed by atoms with Gasteiger partial charge in [0, 0.05) is 19.6 Å². The molecule has 1 aliphatic heterocycles. The minimum Gasteiger partial charge on any atom is -0.369 e. The van der Waals surface area contributed by atoms with Gasteiger partial charge in [0.15, 0.2) is 19.7 Å². The summed E-state index contributed by atoms with van der Waals surface area (Å²) >= 11 is 0. The molecule has 3 aromatic rings. The van der Waals surface area contributed by atoms with E-state index in [1.165, 1.54) is 0 Å². The molecule has 3 aromatic carbocycles. The summed E-state index contributed by atoms with van der Waals surface area (Å²) in [5.74, 6) is 0. The van der Waals surface area contributed by atoms with Gasteiger partial charge in [-0.05, 0) is 16.7 Å². The van der Waals surface area contributed by atoms with E-state index in [2.05, 4.69) is 0 Å². The first-order valence-corrected chi connectivity index (χ1v) is 15.4. The van der Waals surface area contributed by atoms with Gasteiger partial charge < -0.3 is 24.4 Å². The van der Waals surface area contributed by atoms with Gasteiger partial charge in [0.2, 0.25) is 11.2 Å². The predicted octanol–water partition coefficient (Wildman–Crippen LogP) is 1.83. The molecule has 0 amide bonds. The third-order valence-electron chi connectivity index (χ3n) is 6.89. The molecule has 38 heavy (non-hydrogen) atoms. The molecule has 0 aromatic heterocycles. The zero-order chi connectivity index (χ0) is 27.8. The summed E-state index contributed by atoms with van der Waals surface area (Å²) in [7, 11) is -8.35. The van der Waals surface area contributed by atoms with E-state index < -0.39 is 54.1 Å². The second kappa shape index (κ2) is 10.2. The molecular formula is C27H30O9S2. The lowest BCUT2D eigenvalue weighted by atomic mass is 9.80. The van der Waals surface area contributed by atoms with Gasteiger partial charge in [-0.15, -0.1) is 0 Å². The summed E-state index contributed by atoms with van der Waals surface area (Å²) in [5.41, 5.74) is 0.708. The first-order valence-electron chi connectivity index (χ1n) is 11.7. The Morgan fingerprint density at radius 1 is 0.737 bits per heavy atom. The molecule has 0 spiro atoms. The van der Waals surface area contributed by atoms with Crippen LogP contribution in [0, 0.1) is 0 Å². The summed E-state index contributed by atoms with van der Waals surface area (Å²) in [6.07, 6.45) is -2.64. The van der Waals surface area contributed by atoms with Crippen LogP contribution in [0.2, 0.25) is 0 Å². The zero-order valence-corrected chi connectivity index (χ0v) is 22.7. The Morgan fingerprint density at radius 2 is 1.11 bits per heavy atom. The molecule has 4 rings (SSSR count). The highest BCUT2D eigenvalue weighted by Crippen LogP contribution is 2.48. The fraction of sp³-hybridized carbons (Fsp3) is 0.333. The first kappa shape index (κ1) is 28.4. The van der Waals surface area contributed by atoms with Gasteiger partial charge in [-0.1, -0.05) is 91.0 Å². The van der Waals surface area contributed by atoms with Crippen LogP contribution in [-0.4, -0.2) is 75.5 Å². The lowest BCUT2D eigenvalue weighted by Gasteiger charge is -2.39. The van der Waals surface area contributed by atoms with Crippen molar-refractivity contribution in [3.8, 4) is 0 Å². The zero-order valence-electron chi connectivity index (χ0n) is 21.1. The molecule has 4 atom stereocenters. The molecule has 0 saturated carbocycles.